The molecule has 0 aliphatic carbocycles. The van der Waals surface area contributed by atoms with E-state index in [-0.39, 0.29) is 6.54 Å². The maximum Gasteiger partial charge on any atom is 0.404 e. The molecule has 0 unspecified atom stereocenters. The quantitative estimate of drug-likeness (QED) is 0.785. The van der Waals surface area contributed by atoms with Gasteiger partial charge in [-0.3, -0.25) is 4.98 Å². The fourth-order valence-electron chi connectivity index (χ4n) is 0.918. The molecular formula is C8H9ClN2O2S. The van der Waals surface area contributed by atoms with E-state index in [0.717, 1.165) is 4.90 Å². The molecule has 14 heavy (non-hydrogen) atoms. The van der Waals surface area contributed by atoms with Gasteiger partial charge in [-0.15, -0.1) is 11.8 Å². The zero-order valence-corrected chi connectivity index (χ0v) is 9.02. The number of aromatic nitrogens is 1. The summed E-state index contributed by atoms with van der Waals surface area (Å²) in [4.78, 5) is 15.2. The van der Waals surface area contributed by atoms with Crippen molar-refractivity contribution in [1.29, 1.82) is 0 Å². The summed E-state index contributed by atoms with van der Waals surface area (Å²) in [6, 6.07) is 1.76. The number of carboxylic acid groups (broad SMARTS) is 1. The third kappa shape index (κ3) is 3.08. The topological polar surface area (TPSA) is 62.2 Å². The molecule has 4 nitrogen and oxygen atoms in total. The zero-order chi connectivity index (χ0) is 10.6. The van der Waals surface area contributed by atoms with Crippen molar-refractivity contribution in [1.82, 2.24) is 10.3 Å². The molecule has 1 aromatic rings. The number of amides is 1. The Kier molecular flexibility index (Phi) is 4.03. The molecule has 1 heterocycles. The minimum atomic E-state index is -1.06. The van der Waals surface area contributed by atoms with Crippen LogP contribution in [0.25, 0.3) is 0 Å². The third-order valence-corrected chi connectivity index (χ3v) is 2.52. The molecule has 0 atom stereocenters. The van der Waals surface area contributed by atoms with Crippen LogP contribution in [0.1, 0.15) is 5.69 Å². The highest BCUT2D eigenvalue weighted by Gasteiger charge is 2.05. The molecule has 1 aromatic heterocycles. The first kappa shape index (κ1) is 11.1. The number of nitrogens with zero attached hydrogens (tertiary/aromatic N) is 1. The van der Waals surface area contributed by atoms with Crippen LogP contribution < -0.4 is 5.32 Å². The van der Waals surface area contributed by atoms with E-state index < -0.39 is 6.09 Å². The molecule has 0 radical (unpaired) electrons. The second kappa shape index (κ2) is 5.07. The lowest BCUT2D eigenvalue weighted by atomic mass is 10.3. The number of pyridine rings is 1. The summed E-state index contributed by atoms with van der Waals surface area (Å²) in [6.45, 7) is 0.197. The highest BCUT2D eigenvalue weighted by Crippen LogP contribution is 2.21. The van der Waals surface area contributed by atoms with Gasteiger partial charge in [-0.25, -0.2) is 4.79 Å². The van der Waals surface area contributed by atoms with Crippen molar-refractivity contribution in [2.75, 3.05) is 6.26 Å². The van der Waals surface area contributed by atoms with Crippen molar-refractivity contribution in [3.8, 4) is 0 Å². The minimum Gasteiger partial charge on any atom is -0.465 e. The lowest BCUT2D eigenvalue weighted by Crippen LogP contribution is -2.21. The summed E-state index contributed by atoms with van der Waals surface area (Å²) in [7, 11) is 0. The standard InChI is InChI=1S/C8H9ClN2O2S/c1-14-7-2-5(9)3-10-6(7)4-11-8(12)13/h2-3,11H,4H2,1H3,(H,12,13). The van der Waals surface area contributed by atoms with E-state index in [4.69, 9.17) is 16.7 Å². The molecule has 0 saturated carbocycles. The Labute approximate surface area is 90.7 Å². The van der Waals surface area contributed by atoms with Crippen molar-refractivity contribution in [3.05, 3.63) is 23.0 Å². The zero-order valence-electron chi connectivity index (χ0n) is 7.45. The van der Waals surface area contributed by atoms with E-state index in [1.165, 1.54) is 18.0 Å². The molecule has 0 spiro atoms. The van der Waals surface area contributed by atoms with Crippen LogP contribution >= 0.6 is 23.4 Å². The molecule has 6 heteroatoms. The molecule has 2 N–H and O–H groups in total. The summed E-state index contributed by atoms with van der Waals surface area (Å²) in [6.07, 6.45) is 2.33. The van der Waals surface area contributed by atoms with Gasteiger partial charge in [0.15, 0.2) is 0 Å². The Hall–Kier alpha value is -0.940. The van der Waals surface area contributed by atoms with Crippen molar-refractivity contribution in [2.45, 2.75) is 11.4 Å². The Morgan fingerprint density at radius 2 is 2.50 bits per heavy atom. The number of nitrogens with one attached hydrogen (secondary N) is 1. The third-order valence-electron chi connectivity index (χ3n) is 1.52. The fourth-order valence-corrected chi connectivity index (χ4v) is 1.75. The number of hydrogen-bond acceptors (Lipinski definition) is 3. The van der Waals surface area contributed by atoms with E-state index in [1.807, 2.05) is 6.26 Å². The van der Waals surface area contributed by atoms with Crippen LogP contribution in [0.2, 0.25) is 5.02 Å². The minimum absolute atomic E-state index is 0.197. The molecule has 0 aromatic carbocycles. The van der Waals surface area contributed by atoms with Gasteiger partial charge in [0.05, 0.1) is 17.3 Å². The summed E-state index contributed by atoms with van der Waals surface area (Å²) in [5.74, 6) is 0. The summed E-state index contributed by atoms with van der Waals surface area (Å²) >= 11 is 7.23. The SMILES string of the molecule is CSc1cc(Cl)cnc1CNC(=O)O. The Morgan fingerprint density at radius 1 is 1.79 bits per heavy atom. The van der Waals surface area contributed by atoms with Crippen LogP contribution in [0.15, 0.2) is 17.2 Å². The molecule has 0 fully saturated rings. The van der Waals surface area contributed by atoms with Gasteiger partial charge in [-0.05, 0) is 12.3 Å². The van der Waals surface area contributed by atoms with Gasteiger partial charge in [0.1, 0.15) is 0 Å². The lowest BCUT2D eigenvalue weighted by molar-refractivity contribution is 0.193. The monoisotopic (exact) mass is 232 g/mol. The average Bonchev–Trinajstić information content (AvgIpc) is 2.15. The first-order valence-electron chi connectivity index (χ1n) is 3.78. The molecule has 0 bridgehead atoms. The molecule has 76 valence electrons. The van der Waals surface area contributed by atoms with Crippen molar-refractivity contribution in [3.63, 3.8) is 0 Å². The maximum absolute atomic E-state index is 10.3. The molecule has 1 rings (SSSR count). The van der Waals surface area contributed by atoms with Gasteiger partial charge in [-0.1, -0.05) is 11.6 Å². The van der Waals surface area contributed by atoms with Crippen molar-refractivity contribution < 1.29 is 9.90 Å². The normalized spacial score (nSPS) is 9.86. The fraction of sp³-hybridized carbons (Fsp3) is 0.250. The molecule has 1 amide bonds. The highest BCUT2D eigenvalue weighted by atomic mass is 35.5. The molecule has 0 saturated heterocycles. The van der Waals surface area contributed by atoms with Gasteiger partial charge in [-0.2, -0.15) is 0 Å². The van der Waals surface area contributed by atoms with Crippen LogP contribution in [0, 0.1) is 0 Å². The molecule has 0 aliphatic rings. The second-order valence-corrected chi connectivity index (χ2v) is 3.75. The number of rotatable bonds is 3. The summed E-state index contributed by atoms with van der Waals surface area (Å²) in [5, 5.41) is 11.2. The largest absolute Gasteiger partial charge is 0.465 e. The number of halogens is 1. The van der Waals surface area contributed by atoms with Gasteiger partial charge < -0.3 is 10.4 Å². The summed E-state index contributed by atoms with van der Waals surface area (Å²) < 4.78 is 0. The summed E-state index contributed by atoms with van der Waals surface area (Å²) in [5.41, 5.74) is 0.685. The van der Waals surface area contributed by atoms with Crippen LogP contribution in [0.3, 0.4) is 0 Å². The van der Waals surface area contributed by atoms with Crippen LogP contribution in [0.5, 0.6) is 0 Å². The van der Waals surface area contributed by atoms with E-state index in [9.17, 15) is 4.79 Å². The smallest absolute Gasteiger partial charge is 0.404 e. The van der Waals surface area contributed by atoms with Crippen molar-refractivity contribution in [2.24, 2.45) is 0 Å². The van der Waals surface area contributed by atoms with Crippen LogP contribution in [-0.4, -0.2) is 22.4 Å². The first-order chi connectivity index (χ1) is 6.63. The van der Waals surface area contributed by atoms with Crippen LogP contribution in [-0.2, 0) is 6.54 Å². The predicted octanol–water partition coefficient (Wildman–Crippen LogP) is 2.22. The number of carbonyl (C=O) groups is 1. The highest BCUT2D eigenvalue weighted by molar-refractivity contribution is 7.98. The van der Waals surface area contributed by atoms with Gasteiger partial charge in [0.25, 0.3) is 0 Å². The molecular weight excluding hydrogens is 224 g/mol. The first-order valence-corrected chi connectivity index (χ1v) is 5.39. The maximum atomic E-state index is 10.3. The Morgan fingerprint density at radius 3 is 3.07 bits per heavy atom. The van der Waals surface area contributed by atoms with E-state index in [0.29, 0.717) is 10.7 Å². The van der Waals surface area contributed by atoms with E-state index in [2.05, 4.69) is 10.3 Å². The number of hydrogen-bond donors (Lipinski definition) is 2. The molecule has 0 aliphatic heterocycles. The van der Waals surface area contributed by atoms with E-state index in [1.54, 1.807) is 6.07 Å². The van der Waals surface area contributed by atoms with Gasteiger partial charge >= 0.3 is 6.09 Å². The average molecular weight is 233 g/mol. The van der Waals surface area contributed by atoms with Crippen LogP contribution in [0.4, 0.5) is 4.79 Å². The van der Waals surface area contributed by atoms with E-state index >= 15 is 0 Å². The number of thioether (sulfide) groups is 1. The van der Waals surface area contributed by atoms with Crippen molar-refractivity contribution >= 4 is 29.5 Å². The second-order valence-electron chi connectivity index (χ2n) is 2.46. The predicted molar refractivity (Wildman–Crippen MR) is 55.9 cm³/mol. The Balaban J connectivity index is 2.80. The Bertz CT molecular complexity index is 346. The van der Waals surface area contributed by atoms with Gasteiger partial charge in [0, 0.05) is 11.1 Å². The lowest BCUT2D eigenvalue weighted by Gasteiger charge is -2.06. The van der Waals surface area contributed by atoms with Gasteiger partial charge in [0.2, 0.25) is 0 Å².